The lowest BCUT2D eigenvalue weighted by molar-refractivity contribution is 0.0698. The summed E-state index contributed by atoms with van der Waals surface area (Å²) in [6.07, 6.45) is 0. The second-order valence-electron chi connectivity index (χ2n) is 7.74. The first kappa shape index (κ1) is 22.3. The summed E-state index contributed by atoms with van der Waals surface area (Å²) in [5.74, 6) is 0.637. The first-order valence-corrected chi connectivity index (χ1v) is 11.7. The molecule has 0 bridgehead atoms. The highest BCUT2D eigenvalue weighted by Gasteiger charge is 2.33. The van der Waals surface area contributed by atoms with Gasteiger partial charge in [-0.2, -0.15) is 4.31 Å². The van der Waals surface area contributed by atoms with Crippen molar-refractivity contribution in [2.24, 2.45) is 0 Å². The lowest BCUT2D eigenvalue weighted by Crippen LogP contribution is -2.50. The van der Waals surface area contributed by atoms with Crippen LogP contribution in [0.15, 0.2) is 35.2 Å². The minimum absolute atomic E-state index is 0.0890. The van der Waals surface area contributed by atoms with Crippen LogP contribution < -0.4 is 4.74 Å². The smallest absolute Gasteiger partial charge is 0.253 e. The minimum atomic E-state index is -3.62. The van der Waals surface area contributed by atoms with Crippen LogP contribution in [0, 0.1) is 27.7 Å². The first-order chi connectivity index (χ1) is 14.2. The van der Waals surface area contributed by atoms with Crippen LogP contribution in [0.2, 0.25) is 0 Å². The Morgan fingerprint density at radius 1 is 0.933 bits per heavy atom. The van der Waals surface area contributed by atoms with Gasteiger partial charge < -0.3 is 9.64 Å². The van der Waals surface area contributed by atoms with E-state index in [1.807, 2.05) is 40.7 Å². The molecule has 0 saturated carbocycles. The Morgan fingerprint density at radius 2 is 1.47 bits per heavy atom. The van der Waals surface area contributed by atoms with Crippen molar-refractivity contribution in [1.29, 1.82) is 0 Å². The van der Waals surface area contributed by atoms with Gasteiger partial charge in [-0.1, -0.05) is 6.07 Å². The Labute approximate surface area is 179 Å². The number of piperazine rings is 1. The molecule has 3 rings (SSSR count). The molecule has 1 fully saturated rings. The van der Waals surface area contributed by atoms with Gasteiger partial charge in [0.1, 0.15) is 5.75 Å². The van der Waals surface area contributed by atoms with E-state index in [2.05, 4.69) is 0 Å². The predicted molar refractivity (Wildman–Crippen MR) is 118 cm³/mol. The number of sulfonamides is 1. The van der Waals surface area contributed by atoms with Crippen molar-refractivity contribution in [3.8, 4) is 5.75 Å². The van der Waals surface area contributed by atoms with E-state index in [9.17, 15) is 13.2 Å². The van der Waals surface area contributed by atoms with E-state index in [0.29, 0.717) is 30.2 Å². The van der Waals surface area contributed by atoms with Crippen molar-refractivity contribution < 1.29 is 17.9 Å². The molecule has 0 unspecified atom stereocenters. The largest absolute Gasteiger partial charge is 0.494 e. The Bertz CT molecular complexity index is 1010. The summed E-state index contributed by atoms with van der Waals surface area (Å²) in [7, 11) is -3.62. The van der Waals surface area contributed by atoms with Crippen LogP contribution in [0.25, 0.3) is 0 Å². The van der Waals surface area contributed by atoms with Crippen molar-refractivity contribution in [3.63, 3.8) is 0 Å². The SMILES string of the molecule is CCOc1ccc(C(=O)N2CCN(S(=O)(=O)c3c(C)c(C)cc(C)c3C)CC2)cc1. The fourth-order valence-electron chi connectivity index (χ4n) is 3.87. The molecule has 1 aliphatic heterocycles. The van der Waals surface area contributed by atoms with E-state index >= 15 is 0 Å². The number of hydrogen-bond donors (Lipinski definition) is 0. The van der Waals surface area contributed by atoms with E-state index in [4.69, 9.17) is 4.74 Å². The van der Waals surface area contributed by atoms with Crippen LogP contribution in [0.5, 0.6) is 5.75 Å². The van der Waals surface area contributed by atoms with Crippen LogP contribution in [0.4, 0.5) is 0 Å². The van der Waals surface area contributed by atoms with E-state index in [-0.39, 0.29) is 19.0 Å². The van der Waals surface area contributed by atoms with Crippen molar-refractivity contribution in [1.82, 2.24) is 9.21 Å². The summed E-state index contributed by atoms with van der Waals surface area (Å²) in [5.41, 5.74) is 4.12. The summed E-state index contributed by atoms with van der Waals surface area (Å²) in [5, 5.41) is 0. The van der Waals surface area contributed by atoms with Gasteiger partial charge in [-0.25, -0.2) is 8.42 Å². The monoisotopic (exact) mass is 430 g/mol. The Balaban J connectivity index is 1.74. The van der Waals surface area contributed by atoms with Crippen LogP contribution in [-0.4, -0.2) is 56.3 Å². The number of nitrogens with zero attached hydrogens (tertiary/aromatic N) is 2. The van der Waals surface area contributed by atoms with Gasteiger partial charge in [0.05, 0.1) is 11.5 Å². The molecule has 1 heterocycles. The Hall–Kier alpha value is -2.38. The zero-order chi connectivity index (χ0) is 22.1. The minimum Gasteiger partial charge on any atom is -0.494 e. The topological polar surface area (TPSA) is 66.9 Å². The molecule has 0 aromatic heterocycles. The first-order valence-electron chi connectivity index (χ1n) is 10.3. The number of hydrogen-bond acceptors (Lipinski definition) is 4. The summed E-state index contributed by atoms with van der Waals surface area (Å²) in [6, 6.07) is 9.08. The quantitative estimate of drug-likeness (QED) is 0.729. The van der Waals surface area contributed by atoms with Gasteiger partial charge in [0.15, 0.2) is 0 Å². The average Bonchev–Trinajstić information content (AvgIpc) is 2.73. The molecule has 2 aromatic carbocycles. The number of carbonyl (C=O) groups excluding carboxylic acids is 1. The number of amides is 1. The number of rotatable bonds is 5. The third-order valence-electron chi connectivity index (χ3n) is 5.83. The van der Waals surface area contributed by atoms with Gasteiger partial charge >= 0.3 is 0 Å². The van der Waals surface area contributed by atoms with Crippen molar-refractivity contribution in [2.45, 2.75) is 39.5 Å². The maximum Gasteiger partial charge on any atom is 0.253 e. The van der Waals surface area contributed by atoms with Gasteiger partial charge in [0.25, 0.3) is 5.91 Å². The third kappa shape index (κ3) is 4.23. The van der Waals surface area contributed by atoms with Crippen molar-refractivity contribution >= 4 is 15.9 Å². The zero-order valence-electron chi connectivity index (χ0n) is 18.4. The van der Waals surface area contributed by atoms with Crippen LogP contribution >= 0.6 is 0 Å². The number of carbonyl (C=O) groups is 1. The highest BCUT2D eigenvalue weighted by molar-refractivity contribution is 7.89. The van der Waals surface area contributed by atoms with Gasteiger partial charge in [-0.15, -0.1) is 0 Å². The van der Waals surface area contributed by atoms with E-state index in [0.717, 1.165) is 28.0 Å². The van der Waals surface area contributed by atoms with Gasteiger partial charge in [-0.3, -0.25) is 4.79 Å². The lowest BCUT2D eigenvalue weighted by atomic mass is 10.0. The van der Waals surface area contributed by atoms with E-state index in [1.165, 1.54) is 4.31 Å². The fourth-order valence-corrected chi connectivity index (χ4v) is 5.87. The number of aryl methyl sites for hydroxylation is 2. The van der Waals surface area contributed by atoms with Crippen molar-refractivity contribution in [3.05, 3.63) is 58.1 Å². The van der Waals surface area contributed by atoms with Crippen LogP contribution in [0.1, 0.15) is 39.5 Å². The molecule has 0 atom stereocenters. The summed E-state index contributed by atoms with van der Waals surface area (Å²) >= 11 is 0. The fraction of sp³-hybridized carbons (Fsp3) is 0.435. The standard InChI is InChI=1S/C23H30N2O4S/c1-6-29-21-9-7-20(8-10-21)23(26)24-11-13-25(14-12-24)30(27,28)22-18(4)16(2)15-17(3)19(22)5/h7-10,15H,6,11-14H2,1-5H3. The van der Waals surface area contributed by atoms with Gasteiger partial charge in [-0.05, 0) is 81.1 Å². The molecule has 30 heavy (non-hydrogen) atoms. The van der Waals surface area contributed by atoms with E-state index in [1.54, 1.807) is 29.2 Å². The molecular weight excluding hydrogens is 400 g/mol. The molecule has 0 aliphatic carbocycles. The Morgan fingerprint density at radius 3 is 1.97 bits per heavy atom. The molecule has 0 spiro atoms. The maximum absolute atomic E-state index is 13.4. The summed E-state index contributed by atoms with van der Waals surface area (Å²) in [6.45, 7) is 11.4. The molecule has 0 radical (unpaired) electrons. The molecule has 162 valence electrons. The molecule has 1 amide bonds. The normalized spacial score (nSPS) is 15.3. The van der Waals surface area contributed by atoms with Gasteiger partial charge in [0, 0.05) is 31.7 Å². The number of ether oxygens (including phenoxy) is 1. The molecule has 1 saturated heterocycles. The maximum atomic E-state index is 13.4. The van der Waals surface area contributed by atoms with Gasteiger partial charge in [0.2, 0.25) is 10.0 Å². The third-order valence-corrected chi connectivity index (χ3v) is 8.01. The number of benzene rings is 2. The molecule has 7 heteroatoms. The highest BCUT2D eigenvalue weighted by atomic mass is 32.2. The second kappa shape index (κ2) is 8.78. The van der Waals surface area contributed by atoms with Crippen LogP contribution in [0.3, 0.4) is 0 Å². The molecule has 1 aliphatic rings. The van der Waals surface area contributed by atoms with Crippen LogP contribution in [-0.2, 0) is 10.0 Å². The zero-order valence-corrected chi connectivity index (χ0v) is 19.2. The molecular formula is C23H30N2O4S. The molecule has 0 N–H and O–H groups in total. The lowest BCUT2D eigenvalue weighted by Gasteiger charge is -2.35. The predicted octanol–water partition coefficient (Wildman–Crippen LogP) is 3.47. The van der Waals surface area contributed by atoms with Crippen molar-refractivity contribution in [2.75, 3.05) is 32.8 Å². The highest BCUT2D eigenvalue weighted by Crippen LogP contribution is 2.29. The summed E-state index contributed by atoms with van der Waals surface area (Å²) in [4.78, 5) is 14.9. The molecule has 2 aromatic rings. The summed E-state index contributed by atoms with van der Waals surface area (Å²) < 4.78 is 33.7. The second-order valence-corrected chi connectivity index (χ2v) is 9.62. The Kier molecular flexibility index (Phi) is 6.53. The van der Waals surface area contributed by atoms with E-state index < -0.39 is 10.0 Å². The molecule has 6 nitrogen and oxygen atoms in total. The average molecular weight is 431 g/mol.